The Balaban J connectivity index is 1.56. The van der Waals surface area contributed by atoms with Gasteiger partial charge in [-0.25, -0.2) is 0 Å². The Hall–Kier alpha value is -2.66. The van der Waals surface area contributed by atoms with Gasteiger partial charge in [0.15, 0.2) is 0 Å². The number of anilines is 1. The summed E-state index contributed by atoms with van der Waals surface area (Å²) < 4.78 is 5.72. The Bertz CT molecular complexity index is 741. The first kappa shape index (κ1) is 16.2. The lowest BCUT2D eigenvalue weighted by Gasteiger charge is -2.26. The SMILES string of the molecule is Cc1ccc(NC(=O)C(=O)NC[C@H]2OCCc3ccccc32)cc1. The van der Waals surface area contributed by atoms with Crippen LogP contribution in [-0.2, 0) is 20.7 Å². The molecular weight excluding hydrogens is 304 g/mol. The molecule has 0 saturated carbocycles. The molecule has 0 spiro atoms. The van der Waals surface area contributed by atoms with E-state index in [1.165, 1.54) is 5.56 Å². The quantitative estimate of drug-likeness (QED) is 0.852. The van der Waals surface area contributed by atoms with Crippen LogP contribution >= 0.6 is 0 Å². The average Bonchev–Trinajstić information content (AvgIpc) is 2.61. The molecule has 5 nitrogen and oxygen atoms in total. The molecule has 0 radical (unpaired) electrons. The van der Waals surface area contributed by atoms with Gasteiger partial charge in [0.25, 0.3) is 0 Å². The summed E-state index contributed by atoms with van der Waals surface area (Å²) in [5.74, 6) is -1.34. The zero-order valence-electron chi connectivity index (χ0n) is 13.5. The fraction of sp³-hybridized carbons (Fsp3) is 0.263. The predicted octanol–water partition coefficient (Wildman–Crippen LogP) is 2.36. The molecule has 1 atom stereocenters. The lowest BCUT2D eigenvalue weighted by Crippen LogP contribution is -2.38. The van der Waals surface area contributed by atoms with Gasteiger partial charge >= 0.3 is 11.8 Å². The van der Waals surface area contributed by atoms with Gasteiger partial charge in [0.2, 0.25) is 0 Å². The van der Waals surface area contributed by atoms with Crippen LogP contribution in [0.2, 0.25) is 0 Å². The lowest BCUT2D eigenvalue weighted by molar-refractivity contribution is -0.136. The smallest absolute Gasteiger partial charge is 0.313 e. The highest BCUT2D eigenvalue weighted by atomic mass is 16.5. The third kappa shape index (κ3) is 3.81. The van der Waals surface area contributed by atoms with E-state index in [2.05, 4.69) is 16.7 Å². The van der Waals surface area contributed by atoms with Crippen LogP contribution in [-0.4, -0.2) is 25.0 Å². The molecule has 0 aromatic heterocycles. The second-order valence-electron chi connectivity index (χ2n) is 5.84. The molecule has 1 aliphatic heterocycles. The third-order valence-electron chi connectivity index (χ3n) is 4.06. The summed E-state index contributed by atoms with van der Waals surface area (Å²) in [6.07, 6.45) is 0.653. The first-order valence-corrected chi connectivity index (χ1v) is 7.99. The van der Waals surface area contributed by atoms with Crippen molar-refractivity contribution in [2.75, 3.05) is 18.5 Å². The van der Waals surface area contributed by atoms with Crippen LogP contribution < -0.4 is 10.6 Å². The van der Waals surface area contributed by atoms with Crippen LogP contribution in [0.5, 0.6) is 0 Å². The van der Waals surface area contributed by atoms with Crippen molar-refractivity contribution in [2.24, 2.45) is 0 Å². The summed E-state index contributed by atoms with van der Waals surface area (Å²) in [7, 11) is 0. The maximum absolute atomic E-state index is 12.0. The Morgan fingerprint density at radius 3 is 2.62 bits per heavy atom. The van der Waals surface area contributed by atoms with Crippen LogP contribution in [0.1, 0.15) is 22.8 Å². The molecule has 2 aromatic rings. The summed E-state index contributed by atoms with van der Waals surface area (Å²) in [6.45, 7) is 2.85. The maximum Gasteiger partial charge on any atom is 0.313 e. The van der Waals surface area contributed by atoms with Crippen molar-refractivity contribution < 1.29 is 14.3 Å². The maximum atomic E-state index is 12.0. The van der Waals surface area contributed by atoms with E-state index >= 15 is 0 Å². The number of benzene rings is 2. The van der Waals surface area contributed by atoms with E-state index in [4.69, 9.17) is 4.74 Å². The summed E-state index contributed by atoms with van der Waals surface area (Å²) >= 11 is 0. The highest BCUT2D eigenvalue weighted by Crippen LogP contribution is 2.26. The Kier molecular flexibility index (Phi) is 4.91. The zero-order valence-corrected chi connectivity index (χ0v) is 13.5. The largest absolute Gasteiger partial charge is 0.371 e. The van der Waals surface area contributed by atoms with E-state index in [-0.39, 0.29) is 12.6 Å². The highest BCUT2D eigenvalue weighted by molar-refractivity contribution is 6.39. The van der Waals surface area contributed by atoms with Crippen molar-refractivity contribution in [3.8, 4) is 0 Å². The standard InChI is InChI=1S/C19H20N2O3/c1-13-6-8-15(9-7-13)21-19(23)18(22)20-12-17-16-5-3-2-4-14(16)10-11-24-17/h2-9,17H,10-12H2,1H3,(H,20,22)(H,21,23)/t17-/m1/s1. The molecule has 24 heavy (non-hydrogen) atoms. The molecule has 1 heterocycles. The number of hydrogen-bond acceptors (Lipinski definition) is 3. The minimum Gasteiger partial charge on any atom is -0.371 e. The lowest BCUT2D eigenvalue weighted by atomic mass is 9.97. The molecule has 3 rings (SSSR count). The van der Waals surface area contributed by atoms with Crippen molar-refractivity contribution >= 4 is 17.5 Å². The number of ether oxygens (including phenoxy) is 1. The topological polar surface area (TPSA) is 67.4 Å². The molecule has 0 aliphatic carbocycles. The minimum atomic E-state index is -0.678. The van der Waals surface area contributed by atoms with Crippen molar-refractivity contribution in [2.45, 2.75) is 19.4 Å². The van der Waals surface area contributed by atoms with Crippen LogP contribution in [0, 0.1) is 6.92 Å². The van der Waals surface area contributed by atoms with Crippen molar-refractivity contribution in [3.63, 3.8) is 0 Å². The number of amides is 2. The molecule has 2 aromatic carbocycles. The van der Waals surface area contributed by atoms with E-state index in [9.17, 15) is 9.59 Å². The fourth-order valence-corrected chi connectivity index (χ4v) is 2.74. The first-order valence-electron chi connectivity index (χ1n) is 7.99. The Labute approximate surface area is 141 Å². The van der Waals surface area contributed by atoms with E-state index in [0.717, 1.165) is 17.5 Å². The van der Waals surface area contributed by atoms with E-state index in [1.807, 2.05) is 37.3 Å². The number of nitrogens with one attached hydrogen (secondary N) is 2. The van der Waals surface area contributed by atoms with Gasteiger partial charge in [-0.05, 0) is 36.6 Å². The van der Waals surface area contributed by atoms with Crippen LogP contribution in [0.15, 0.2) is 48.5 Å². The zero-order chi connectivity index (χ0) is 16.9. The van der Waals surface area contributed by atoms with Crippen LogP contribution in [0.3, 0.4) is 0 Å². The number of hydrogen-bond donors (Lipinski definition) is 2. The molecule has 2 N–H and O–H groups in total. The van der Waals surface area contributed by atoms with Crippen molar-refractivity contribution in [3.05, 3.63) is 65.2 Å². The summed E-state index contributed by atoms with van der Waals surface area (Å²) in [5, 5.41) is 5.23. The normalized spacial score (nSPS) is 16.1. The molecule has 0 bridgehead atoms. The molecule has 5 heteroatoms. The Morgan fingerprint density at radius 2 is 1.83 bits per heavy atom. The fourth-order valence-electron chi connectivity index (χ4n) is 2.74. The van der Waals surface area contributed by atoms with Gasteiger partial charge in [-0.15, -0.1) is 0 Å². The molecule has 124 valence electrons. The second kappa shape index (κ2) is 7.27. The van der Waals surface area contributed by atoms with Crippen molar-refractivity contribution in [1.29, 1.82) is 0 Å². The number of fused-ring (bicyclic) bond motifs is 1. The van der Waals surface area contributed by atoms with Gasteiger partial charge in [0.05, 0.1) is 6.61 Å². The van der Waals surface area contributed by atoms with E-state index in [1.54, 1.807) is 12.1 Å². The number of aryl methyl sites for hydroxylation is 1. The first-order chi connectivity index (χ1) is 11.6. The predicted molar refractivity (Wildman–Crippen MR) is 91.7 cm³/mol. The summed E-state index contributed by atoms with van der Waals surface area (Å²) in [4.78, 5) is 23.9. The molecule has 0 unspecified atom stereocenters. The second-order valence-corrected chi connectivity index (χ2v) is 5.84. The van der Waals surface area contributed by atoms with Gasteiger partial charge in [0.1, 0.15) is 6.10 Å². The number of carbonyl (C=O) groups excluding carboxylic acids is 2. The van der Waals surface area contributed by atoms with Gasteiger partial charge in [-0.3, -0.25) is 9.59 Å². The number of carbonyl (C=O) groups is 2. The van der Waals surface area contributed by atoms with Crippen molar-refractivity contribution in [1.82, 2.24) is 5.32 Å². The van der Waals surface area contributed by atoms with Crippen LogP contribution in [0.25, 0.3) is 0 Å². The van der Waals surface area contributed by atoms with E-state index < -0.39 is 11.8 Å². The molecule has 1 aliphatic rings. The molecule has 2 amide bonds. The minimum absolute atomic E-state index is 0.217. The number of rotatable bonds is 3. The monoisotopic (exact) mass is 324 g/mol. The molecular formula is C19H20N2O3. The van der Waals surface area contributed by atoms with Gasteiger partial charge in [-0.1, -0.05) is 42.0 Å². The molecule has 0 fully saturated rings. The third-order valence-corrected chi connectivity index (χ3v) is 4.06. The van der Waals surface area contributed by atoms with E-state index in [0.29, 0.717) is 12.3 Å². The van der Waals surface area contributed by atoms with Gasteiger partial charge < -0.3 is 15.4 Å². The van der Waals surface area contributed by atoms with Crippen LogP contribution in [0.4, 0.5) is 5.69 Å². The molecule has 0 saturated heterocycles. The summed E-state index contributed by atoms with van der Waals surface area (Å²) in [6, 6.07) is 15.3. The average molecular weight is 324 g/mol. The highest BCUT2D eigenvalue weighted by Gasteiger charge is 2.22. The van der Waals surface area contributed by atoms with Gasteiger partial charge in [-0.2, -0.15) is 0 Å². The summed E-state index contributed by atoms with van der Waals surface area (Å²) in [5.41, 5.74) is 3.99. The Morgan fingerprint density at radius 1 is 1.08 bits per heavy atom. The van der Waals surface area contributed by atoms with Gasteiger partial charge in [0, 0.05) is 12.2 Å².